The molecule has 0 amide bonds. The van der Waals surface area contributed by atoms with Gasteiger partial charge in [-0.05, 0) is 73.3 Å². The van der Waals surface area contributed by atoms with Crippen LogP contribution >= 0.6 is 7.82 Å². The number of ether oxygens (including phenoxy) is 2. The summed E-state index contributed by atoms with van der Waals surface area (Å²) in [5.74, 6) is 1.15. The van der Waals surface area contributed by atoms with E-state index >= 15 is 0 Å². The van der Waals surface area contributed by atoms with E-state index in [0.717, 1.165) is 31.4 Å². The molecule has 8 heteroatoms. The summed E-state index contributed by atoms with van der Waals surface area (Å²) in [6.07, 6.45) is 5.34. The predicted octanol–water partition coefficient (Wildman–Crippen LogP) is 3.71. The third-order valence-corrected chi connectivity index (χ3v) is 6.96. The quantitative estimate of drug-likeness (QED) is 0.386. The fourth-order valence-corrected chi connectivity index (χ4v) is 5.24. The van der Waals surface area contributed by atoms with E-state index in [2.05, 4.69) is 22.7 Å². The minimum atomic E-state index is -4.50. The Morgan fingerprint density at radius 3 is 2.66 bits per heavy atom. The van der Waals surface area contributed by atoms with Crippen molar-refractivity contribution in [3.05, 3.63) is 65.2 Å². The molecule has 0 saturated heterocycles. The molecule has 0 aromatic heterocycles. The molecule has 0 aliphatic heterocycles. The molecular formula is C24H32NO6P. The fraction of sp³-hybridized carbons (Fsp3) is 0.500. The molecule has 2 aromatic carbocycles. The van der Waals surface area contributed by atoms with Gasteiger partial charge in [-0.15, -0.1) is 0 Å². The molecule has 2 aliphatic carbocycles. The average molecular weight is 461 g/mol. The topological polar surface area (TPSA) is 111 Å². The molecule has 0 spiro atoms. The highest BCUT2D eigenvalue weighted by atomic mass is 31.2. The Labute approximate surface area is 189 Å². The molecule has 1 fully saturated rings. The lowest BCUT2D eigenvalue weighted by Gasteiger charge is -2.27. The maximum Gasteiger partial charge on any atom is 0.469 e. The lowest BCUT2D eigenvalue weighted by molar-refractivity contribution is 0.0262. The van der Waals surface area contributed by atoms with Gasteiger partial charge in [-0.25, -0.2) is 4.57 Å². The van der Waals surface area contributed by atoms with Crippen molar-refractivity contribution in [1.82, 2.24) is 0 Å². The maximum absolute atomic E-state index is 11.0. The van der Waals surface area contributed by atoms with E-state index in [1.54, 1.807) is 0 Å². The molecule has 0 radical (unpaired) electrons. The Kier molecular flexibility index (Phi) is 7.35. The van der Waals surface area contributed by atoms with Gasteiger partial charge in [0.1, 0.15) is 12.4 Å². The first-order valence-electron chi connectivity index (χ1n) is 11.2. The summed E-state index contributed by atoms with van der Waals surface area (Å²) in [5, 5.41) is 0. The number of phosphoric acid groups is 1. The van der Waals surface area contributed by atoms with Crippen molar-refractivity contribution in [2.45, 2.75) is 56.1 Å². The zero-order chi connectivity index (χ0) is 22.6. The molecule has 2 aliphatic rings. The zero-order valence-corrected chi connectivity index (χ0v) is 19.1. The van der Waals surface area contributed by atoms with Crippen LogP contribution in [0.4, 0.5) is 0 Å². The molecule has 4 N–H and O–H groups in total. The largest absolute Gasteiger partial charge is 0.491 e. The molecule has 1 saturated carbocycles. The van der Waals surface area contributed by atoms with Crippen molar-refractivity contribution in [3.63, 3.8) is 0 Å². The smallest absolute Gasteiger partial charge is 0.469 e. The molecule has 7 nitrogen and oxygen atoms in total. The summed E-state index contributed by atoms with van der Waals surface area (Å²) in [7, 11) is -4.50. The summed E-state index contributed by atoms with van der Waals surface area (Å²) in [6.45, 7) is 0.997. The van der Waals surface area contributed by atoms with E-state index in [-0.39, 0.29) is 18.6 Å². The van der Waals surface area contributed by atoms with Gasteiger partial charge in [-0.1, -0.05) is 36.4 Å². The number of para-hydroxylation sites is 1. The second-order valence-electron chi connectivity index (χ2n) is 8.99. The van der Waals surface area contributed by atoms with Gasteiger partial charge in [-0.3, -0.25) is 4.52 Å². The molecule has 3 atom stereocenters. The van der Waals surface area contributed by atoms with Crippen LogP contribution < -0.4 is 10.5 Å². The van der Waals surface area contributed by atoms with Crippen molar-refractivity contribution < 1.29 is 28.3 Å². The SMILES string of the molecule is N[C@]1(COP(=O)(O)O)CC[C@H](c2ccc3c(c2)CC[C@H](OCCOc2ccccc2)C3)C1. The van der Waals surface area contributed by atoms with Gasteiger partial charge in [0.15, 0.2) is 0 Å². The average Bonchev–Trinajstić information content (AvgIpc) is 3.18. The van der Waals surface area contributed by atoms with Crippen molar-refractivity contribution in [2.24, 2.45) is 5.73 Å². The van der Waals surface area contributed by atoms with Crippen LogP contribution in [0.25, 0.3) is 0 Å². The molecular weight excluding hydrogens is 429 g/mol. The first-order valence-corrected chi connectivity index (χ1v) is 12.7. The maximum atomic E-state index is 11.0. The van der Waals surface area contributed by atoms with Crippen molar-refractivity contribution >= 4 is 7.82 Å². The predicted molar refractivity (Wildman–Crippen MR) is 122 cm³/mol. The first-order chi connectivity index (χ1) is 15.3. The van der Waals surface area contributed by atoms with E-state index in [0.29, 0.717) is 26.1 Å². The molecule has 32 heavy (non-hydrogen) atoms. The van der Waals surface area contributed by atoms with Gasteiger partial charge in [0, 0.05) is 5.54 Å². The van der Waals surface area contributed by atoms with Gasteiger partial charge >= 0.3 is 7.82 Å². The highest BCUT2D eigenvalue weighted by Crippen LogP contribution is 2.44. The summed E-state index contributed by atoms with van der Waals surface area (Å²) < 4.78 is 27.5. The van der Waals surface area contributed by atoms with Gasteiger partial charge < -0.3 is 25.0 Å². The van der Waals surface area contributed by atoms with E-state index in [4.69, 9.17) is 25.0 Å². The molecule has 4 rings (SSSR count). The van der Waals surface area contributed by atoms with Crippen LogP contribution in [0.1, 0.15) is 48.3 Å². The second kappa shape index (κ2) is 10.0. The van der Waals surface area contributed by atoms with E-state index in [1.807, 2.05) is 30.3 Å². The Bertz CT molecular complexity index is 949. The van der Waals surface area contributed by atoms with Crippen LogP contribution in [0.5, 0.6) is 5.75 Å². The van der Waals surface area contributed by atoms with Crippen molar-refractivity contribution in [1.29, 1.82) is 0 Å². The number of rotatable bonds is 9. The Morgan fingerprint density at radius 2 is 1.88 bits per heavy atom. The highest BCUT2D eigenvalue weighted by Gasteiger charge is 2.38. The molecule has 2 aromatic rings. The van der Waals surface area contributed by atoms with Crippen LogP contribution in [-0.2, 0) is 26.7 Å². The van der Waals surface area contributed by atoms with Gasteiger partial charge in [0.25, 0.3) is 0 Å². The number of phosphoric ester groups is 1. The number of benzene rings is 2. The molecule has 0 bridgehead atoms. The highest BCUT2D eigenvalue weighted by molar-refractivity contribution is 7.46. The molecule has 0 unspecified atom stereocenters. The summed E-state index contributed by atoms with van der Waals surface area (Å²) in [4.78, 5) is 17.9. The van der Waals surface area contributed by atoms with Gasteiger partial charge in [0.05, 0.1) is 19.3 Å². The number of hydrogen-bond donors (Lipinski definition) is 3. The summed E-state index contributed by atoms with van der Waals surface area (Å²) in [5.41, 5.74) is 9.60. The van der Waals surface area contributed by atoms with Gasteiger partial charge in [0.2, 0.25) is 0 Å². The minimum Gasteiger partial charge on any atom is -0.491 e. The Hall–Kier alpha value is -1.73. The number of aryl methyl sites for hydroxylation is 1. The normalized spacial score (nSPS) is 25.5. The third kappa shape index (κ3) is 6.41. The van der Waals surface area contributed by atoms with E-state index < -0.39 is 13.4 Å². The Balaban J connectivity index is 1.26. The fourth-order valence-electron chi connectivity index (χ4n) is 4.81. The third-order valence-electron chi connectivity index (χ3n) is 6.50. The van der Waals surface area contributed by atoms with Crippen LogP contribution in [0.15, 0.2) is 48.5 Å². The molecule has 0 heterocycles. The standard InChI is InChI=1S/C24H32NO6P/c25-24(17-31-32(26,27)28)11-10-21(16-24)19-6-7-20-15-23(9-8-18(20)14-19)30-13-12-29-22-4-2-1-3-5-22/h1-7,14,21,23H,8-13,15-17,25H2,(H2,26,27,28)/t21-,23-,24+/m0/s1. The second-order valence-corrected chi connectivity index (χ2v) is 10.2. The summed E-state index contributed by atoms with van der Waals surface area (Å²) in [6, 6.07) is 16.4. The van der Waals surface area contributed by atoms with Crippen LogP contribution in [0.2, 0.25) is 0 Å². The number of hydrogen-bond acceptors (Lipinski definition) is 5. The monoisotopic (exact) mass is 461 g/mol. The van der Waals surface area contributed by atoms with Crippen LogP contribution in [0.3, 0.4) is 0 Å². The number of nitrogens with two attached hydrogens (primary N) is 1. The van der Waals surface area contributed by atoms with Crippen molar-refractivity contribution in [2.75, 3.05) is 19.8 Å². The first kappa shape index (κ1) is 23.4. The minimum absolute atomic E-state index is 0.119. The van der Waals surface area contributed by atoms with Crippen LogP contribution in [-0.4, -0.2) is 41.3 Å². The van der Waals surface area contributed by atoms with Crippen LogP contribution in [0, 0.1) is 0 Å². The van der Waals surface area contributed by atoms with Gasteiger partial charge in [-0.2, -0.15) is 0 Å². The van der Waals surface area contributed by atoms with E-state index in [1.165, 1.54) is 16.7 Å². The zero-order valence-electron chi connectivity index (χ0n) is 18.2. The molecule has 174 valence electrons. The number of fused-ring (bicyclic) bond motifs is 1. The lowest BCUT2D eigenvalue weighted by Crippen LogP contribution is -2.41. The lowest BCUT2D eigenvalue weighted by atomic mass is 9.85. The van der Waals surface area contributed by atoms with Crippen molar-refractivity contribution in [3.8, 4) is 5.75 Å². The summed E-state index contributed by atoms with van der Waals surface area (Å²) >= 11 is 0. The Morgan fingerprint density at radius 1 is 1.06 bits per heavy atom. The van der Waals surface area contributed by atoms with E-state index in [9.17, 15) is 4.57 Å².